The van der Waals surface area contributed by atoms with Crippen molar-refractivity contribution in [2.45, 2.75) is 125 Å². The molecule has 1 heterocycles. The fourth-order valence-corrected chi connectivity index (χ4v) is 9.69. The van der Waals surface area contributed by atoms with Gasteiger partial charge in [0, 0.05) is 38.3 Å². The molecule has 4 aliphatic rings. The first-order chi connectivity index (χ1) is 17.1. The molecule has 4 rings (SSSR count). The van der Waals surface area contributed by atoms with E-state index >= 15 is 0 Å². The molecule has 0 aromatic carbocycles. The first kappa shape index (κ1) is 28.9. The molecule has 36 heavy (non-hydrogen) atoms. The minimum Gasteiger partial charge on any atom is -0.314 e. The topological polar surface area (TPSA) is 18.5 Å². The zero-order valence-electron chi connectivity index (χ0n) is 25.6. The van der Waals surface area contributed by atoms with E-state index in [0.717, 1.165) is 41.5 Å². The first-order valence-corrected chi connectivity index (χ1v) is 16.2. The van der Waals surface area contributed by atoms with Gasteiger partial charge < -0.3 is 15.1 Å². The van der Waals surface area contributed by atoms with Gasteiger partial charge in [0.15, 0.2) is 0 Å². The van der Waals surface area contributed by atoms with Crippen LogP contribution in [0.4, 0.5) is 0 Å². The van der Waals surface area contributed by atoms with Crippen molar-refractivity contribution in [3.05, 3.63) is 0 Å². The van der Waals surface area contributed by atoms with E-state index in [1.54, 1.807) is 12.8 Å². The number of rotatable bonds is 11. The fourth-order valence-electron chi connectivity index (χ4n) is 9.69. The minimum absolute atomic E-state index is 0.612. The van der Waals surface area contributed by atoms with E-state index in [2.05, 4.69) is 70.6 Å². The number of hydrogen-bond acceptors (Lipinski definition) is 3. The molecular formula is C33H63N3. The molecule has 210 valence electrons. The summed E-state index contributed by atoms with van der Waals surface area (Å²) in [5, 5.41) is 3.84. The highest BCUT2D eigenvalue weighted by Gasteiger charge is 2.60. The summed E-state index contributed by atoms with van der Waals surface area (Å²) in [6, 6.07) is 1.42. The molecule has 1 aliphatic heterocycles. The quantitative estimate of drug-likeness (QED) is 0.320. The van der Waals surface area contributed by atoms with Gasteiger partial charge in [0.1, 0.15) is 0 Å². The van der Waals surface area contributed by atoms with Crippen LogP contribution in [-0.2, 0) is 0 Å². The summed E-state index contributed by atoms with van der Waals surface area (Å²) in [5.74, 6) is 5.39. The van der Waals surface area contributed by atoms with E-state index in [1.165, 1.54) is 84.1 Å². The van der Waals surface area contributed by atoms with Crippen LogP contribution < -0.4 is 5.32 Å². The van der Waals surface area contributed by atoms with Crippen molar-refractivity contribution in [1.29, 1.82) is 0 Å². The highest BCUT2D eigenvalue weighted by molar-refractivity contribution is 5.12. The van der Waals surface area contributed by atoms with Crippen molar-refractivity contribution in [3.63, 3.8) is 0 Å². The molecular weight excluding hydrogens is 438 g/mol. The van der Waals surface area contributed by atoms with Crippen molar-refractivity contribution in [2.24, 2.45) is 46.3 Å². The third-order valence-corrected chi connectivity index (χ3v) is 11.1. The second kappa shape index (κ2) is 12.0. The Kier molecular flexibility index (Phi) is 9.59. The van der Waals surface area contributed by atoms with Gasteiger partial charge >= 0.3 is 0 Å². The summed E-state index contributed by atoms with van der Waals surface area (Å²) >= 11 is 0. The molecule has 0 aromatic heterocycles. The van der Waals surface area contributed by atoms with E-state index in [4.69, 9.17) is 0 Å². The van der Waals surface area contributed by atoms with Gasteiger partial charge in [-0.25, -0.2) is 0 Å². The van der Waals surface area contributed by atoms with Crippen LogP contribution in [0.2, 0.25) is 0 Å². The van der Waals surface area contributed by atoms with E-state index in [9.17, 15) is 0 Å². The lowest BCUT2D eigenvalue weighted by atomic mass is 9.42. The molecule has 4 fully saturated rings. The Morgan fingerprint density at radius 3 is 2.14 bits per heavy atom. The Bertz CT molecular complexity index is 672. The Morgan fingerprint density at radius 2 is 1.53 bits per heavy atom. The Balaban J connectivity index is 1.56. The molecule has 2 spiro atoms. The first-order valence-electron chi connectivity index (χ1n) is 16.2. The predicted octanol–water partition coefficient (Wildman–Crippen LogP) is 7.31. The SMILES string of the molecule is CCCC1CC2(CC[C@@H](N(C)CC(C)C)CC2C2CC(CNC(C)C)CCC23CN(CC(C)C)C3)C1. The zero-order chi connectivity index (χ0) is 26.1. The number of nitrogens with one attached hydrogen (secondary N) is 1. The second-order valence-corrected chi connectivity index (χ2v) is 15.5. The molecule has 3 aliphatic carbocycles. The van der Waals surface area contributed by atoms with Gasteiger partial charge in [0.05, 0.1) is 0 Å². The average molecular weight is 502 g/mol. The molecule has 1 saturated heterocycles. The lowest BCUT2D eigenvalue weighted by Crippen LogP contribution is -2.66. The average Bonchev–Trinajstić information content (AvgIpc) is 2.75. The summed E-state index contributed by atoms with van der Waals surface area (Å²) in [6.45, 7) is 23.3. The van der Waals surface area contributed by atoms with E-state index in [1.807, 2.05) is 0 Å². The van der Waals surface area contributed by atoms with Gasteiger partial charge in [-0.05, 0) is 111 Å². The highest BCUT2D eigenvalue weighted by Crippen LogP contribution is 2.66. The molecule has 4 atom stereocenters. The molecule has 0 amide bonds. The van der Waals surface area contributed by atoms with Gasteiger partial charge in [0.2, 0.25) is 0 Å². The van der Waals surface area contributed by atoms with E-state index in [-0.39, 0.29) is 0 Å². The van der Waals surface area contributed by atoms with Gasteiger partial charge in [-0.15, -0.1) is 0 Å². The van der Waals surface area contributed by atoms with Gasteiger partial charge in [-0.2, -0.15) is 0 Å². The van der Waals surface area contributed by atoms with Crippen LogP contribution in [0.5, 0.6) is 0 Å². The number of likely N-dealkylation sites (tertiary alicyclic amines) is 1. The monoisotopic (exact) mass is 502 g/mol. The maximum absolute atomic E-state index is 3.84. The molecule has 0 radical (unpaired) electrons. The lowest BCUT2D eigenvalue weighted by molar-refractivity contribution is -0.168. The fraction of sp³-hybridized carbons (Fsp3) is 1.00. The van der Waals surface area contributed by atoms with Crippen LogP contribution in [0.15, 0.2) is 0 Å². The molecule has 3 unspecified atom stereocenters. The van der Waals surface area contributed by atoms with Crippen molar-refractivity contribution in [3.8, 4) is 0 Å². The number of nitrogens with zero attached hydrogens (tertiary/aromatic N) is 2. The van der Waals surface area contributed by atoms with Crippen LogP contribution >= 0.6 is 0 Å². The molecule has 0 bridgehead atoms. The normalized spacial score (nSPS) is 36.8. The Morgan fingerprint density at radius 1 is 0.861 bits per heavy atom. The zero-order valence-corrected chi connectivity index (χ0v) is 25.6. The van der Waals surface area contributed by atoms with Crippen LogP contribution in [-0.4, -0.2) is 61.7 Å². The molecule has 3 saturated carbocycles. The maximum Gasteiger partial charge on any atom is 0.00954 e. The summed E-state index contributed by atoms with van der Waals surface area (Å²) in [6.07, 6.45) is 14.9. The van der Waals surface area contributed by atoms with E-state index < -0.39 is 0 Å². The number of hydrogen-bond donors (Lipinski definition) is 1. The molecule has 0 aromatic rings. The van der Waals surface area contributed by atoms with Gasteiger partial charge in [0.25, 0.3) is 0 Å². The molecule has 3 heteroatoms. The highest BCUT2D eigenvalue weighted by atomic mass is 15.2. The summed E-state index contributed by atoms with van der Waals surface area (Å²) < 4.78 is 0. The van der Waals surface area contributed by atoms with Crippen molar-refractivity contribution in [2.75, 3.05) is 39.8 Å². The summed E-state index contributed by atoms with van der Waals surface area (Å²) in [5.41, 5.74) is 1.30. The summed E-state index contributed by atoms with van der Waals surface area (Å²) in [4.78, 5) is 5.59. The maximum atomic E-state index is 3.84. The van der Waals surface area contributed by atoms with Crippen LogP contribution in [0, 0.1) is 46.3 Å². The van der Waals surface area contributed by atoms with Gasteiger partial charge in [-0.3, -0.25) is 0 Å². The standard InChI is InChI=1S/C33H63N3/c1-9-10-28-17-32(18-28)14-12-29(35(8)20-24(2)3)16-31(32)30-15-27(19-34-26(6)7)11-13-33(30)22-36(23-33)21-25(4)5/h24-31,34H,9-23H2,1-8H3/t27?,28?,29-,30?,31?,32?/m1/s1. The third kappa shape index (κ3) is 6.36. The van der Waals surface area contributed by atoms with Gasteiger partial charge in [-0.1, -0.05) is 61.3 Å². The third-order valence-electron chi connectivity index (χ3n) is 11.1. The Hall–Kier alpha value is -0.120. The molecule has 1 N–H and O–H groups in total. The van der Waals surface area contributed by atoms with Crippen molar-refractivity contribution < 1.29 is 0 Å². The minimum atomic E-state index is 0.612. The summed E-state index contributed by atoms with van der Waals surface area (Å²) in [7, 11) is 2.44. The molecule has 3 nitrogen and oxygen atoms in total. The smallest absolute Gasteiger partial charge is 0.00954 e. The predicted molar refractivity (Wildman–Crippen MR) is 156 cm³/mol. The van der Waals surface area contributed by atoms with Crippen LogP contribution in [0.3, 0.4) is 0 Å². The van der Waals surface area contributed by atoms with E-state index in [0.29, 0.717) is 16.9 Å². The lowest BCUT2D eigenvalue weighted by Gasteiger charge is -2.66. The Labute approximate surface area is 225 Å². The largest absolute Gasteiger partial charge is 0.314 e. The van der Waals surface area contributed by atoms with Crippen molar-refractivity contribution >= 4 is 0 Å². The second-order valence-electron chi connectivity index (χ2n) is 15.5. The van der Waals surface area contributed by atoms with Crippen LogP contribution in [0.1, 0.15) is 113 Å². The van der Waals surface area contributed by atoms with Crippen molar-refractivity contribution in [1.82, 2.24) is 15.1 Å². The van der Waals surface area contributed by atoms with Crippen LogP contribution in [0.25, 0.3) is 0 Å².